The summed E-state index contributed by atoms with van der Waals surface area (Å²) in [7, 11) is 0. The molecule has 0 aromatic rings. The summed E-state index contributed by atoms with van der Waals surface area (Å²) < 4.78 is 6.70. The van der Waals surface area contributed by atoms with E-state index in [0.717, 1.165) is 12.8 Å². The Morgan fingerprint density at radius 1 is 0.516 bits per heavy atom. The van der Waals surface area contributed by atoms with Gasteiger partial charge in [0.05, 0.1) is 12.2 Å². The molecule has 2 aliphatic rings. The van der Waals surface area contributed by atoms with E-state index in [1.165, 1.54) is 127 Å². The van der Waals surface area contributed by atoms with Crippen LogP contribution in [0.5, 0.6) is 0 Å². The molecule has 2 unspecified atom stereocenters. The highest BCUT2D eigenvalue weighted by molar-refractivity contribution is 5.20. The second-order valence-corrected chi connectivity index (χ2v) is 9.74. The van der Waals surface area contributed by atoms with Crippen LogP contribution in [0.25, 0.3) is 0 Å². The fourth-order valence-electron chi connectivity index (χ4n) is 5.11. The van der Waals surface area contributed by atoms with Crippen molar-refractivity contribution in [1.29, 1.82) is 0 Å². The molecule has 0 heterocycles. The third-order valence-corrected chi connectivity index (χ3v) is 7.10. The Labute approximate surface area is 194 Å². The molecule has 2 aliphatic carbocycles. The van der Waals surface area contributed by atoms with Gasteiger partial charge in [0.1, 0.15) is 0 Å². The van der Waals surface area contributed by atoms with E-state index < -0.39 is 0 Å². The molecule has 0 bridgehead atoms. The van der Waals surface area contributed by atoms with Crippen molar-refractivity contribution in [3.05, 3.63) is 48.6 Å². The second kappa shape index (κ2) is 17.5. The molecule has 0 spiro atoms. The summed E-state index contributed by atoms with van der Waals surface area (Å²) in [6.07, 6.45) is 35.6. The van der Waals surface area contributed by atoms with Crippen LogP contribution in [-0.2, 0) is 4.74 Å². The van der Waals surface area contributed by atoms with Crippen molar-refractivity contribution in [3.8, 4) is 0 Å². The molecule has 0 fully saturated rings. The molecular formula is C30H50O. The Morgan fingerprint density at radius 3 is 1.19 bits per heavy atom. The van der Waals surface area contributed by atoms with Crippen molar-refractivity contribution in [2.45, 2.75) is 141 Å². The summed E-state index contributed by atoms with van der Waals surface area (Å²) in [5.41, 5.74) is 2.91. The fourth-order valence-corrected chi connectivity index (χ4v) is 5.11. The van der Waals surface area contributed by atoms with E-state index in [1.807, 2.05) is 12.2 Å². The van der Waals surface area contributed by atoms with Gasteiger partial charge in [-0.1, -0.05) is 101 Å². The van der Waals surface area contributed by atoms with Crippen molar-refractivity contribution in [2.24, 2.45) is 0 Å². The molecule has 176 valence electrons. The Morgan fingerprint density at radius 2 is 0.839 bits per heavy atom. The van der Waals surface area contributed by atoms with E-state index in [1.54, 1.807) is 0 Å². The van der Waals surface area contributed by atoms with Crippen LogP contribution in [0, 0.1) is 0 Å². The maximum atomic E-state index is 6.70. The minimum absolute atomic E-state index is 0.0215. The van der Waals surface area contributed by atoms with Gasteiger partial charge >= 0.3 is 0 Å². The lowest BCUT2D eigenvalue weighted by Gasteiger charge is -2.26. The third-order valence-electron chi connectivity index (χ3n) is 7.10. The third kappa shape index (κ3) is 11.4. The largest absolute Gasteiger partial charge is 0.358 e. The highest BCUT2D eigenvalue weighted by Gasteiger charge is 2.19. The molecule has 0 aromatic carbocycles. The van der Waals surface area contributed by atoms with Gasteiger partial charge in [-0.25, -0.2) is 0 Å². The Balaban J connectivity index is 2.04. The lowest BCUT2D eigenvalue weighted by atomic mass is 9.95. The molecule has 0 radical (unpaired) electrons. The summed E-state index contributed by atoms with van der Waals surface area (Å²) >= 11 is 0. The Hall–Kier alpha value is -1.08. The highest BCUT2D eigenvalue weighted by Crippen LogP contribution is 2.26. The minimum atomic E-state index is 0.0215. The van der Waals surface area contributed by atoms with Crippen molar-refractivity contribution < 1.29 is 4.74 Å². The van der Waals surface area contributed by atoms with Crippen molar-refractivity contribution in [2.75, 3.05) is 0 Å². The van der Waals surface area contributed by atoms with Crippen molar-refractivity contribution in [3.63, 3.8) is 0 Å². The van der Waals surface area contributed by atoms with Crippen molar-refractivity contribution in [1.82, 2.24) is 0 Å². The normalized spacial score (nSPS) is 23.4. The van der Waals surface area contributed by atoms with Crippen LogP contribution in [0.2, 0.25) is 0 Å². The quantitative estimate of drug-likeness (QED) is 0.384. The number of allylic oxidation sites excluding steroid dienone is 2. The first-order valence-corrected chi connectivity index (χ1v) is 13.6. The highest BCUT2D eigenvalue weighted by atomic mass is 16.5. The van der Waals surface area contributed by atoms with Crippen LogP contribution in [-0.4, -0.2) is 12.2 Å². The summed E-state index contributed by atoms with van der Waals surface area (Å²) in [4.78, 5) is 0. The van der Waals surface area contributed by atoms with E-state index >= 15 is 0 Å². The van der Waals surface area contributed by atoms with Gasteiger partial charge in [0.25, 0.3) is 0 Å². The number of hydrogen-bond acceptors (Lipinski definition) is 1. The van der Waals surface area contributed by atoms with E-state index in [0.29, 0.717) is 0 Å². The van der Waals surface area contributed by atoms with Crippen molar-refractivity contribution >= 4 is 0 Å². The number of hydrogen-bond donors (Lipinski definition) is 0. The smallest absolute Gasteiger partial charge is 0.0976 e. The van der Waals surface area contributed by atoms with Crippen LogP contribution in [0.1, 0.15) is 128 Å². The average Bonchev–Trinajstić information content (AvgIpc) is 2.76. The molecule has 0 saturated heterocycles. The van der Waals surface area contributed by atoms with Crippen LogP contribution in [0.15, 0.2) is 48.6 Å². The van der Waals surface area contributed by atoms with Gasteiger partial charge in [-0.3, -0.25) is 0 Å². The van der Waals surface area contributed by atoms with E-state index in [9.17, 15) is 0 Å². The van der Waals surface area contributed by atoms with Crippen LogP contribution in [0.4, 0.5) is 0 Å². The second-order valence-electron chi connectivity index (χ2n) is 9.74. The first kappa shape index (κ1) is 26.2. The average molecular weight is 427 g/mol. The topological polar surface area (TPSA) is 9.23 Å². The summed E-state index contributed by atoms with van der Waals surface area (Å²) in [6, 6.07) is 0. The van der Waals surface area contributed by atoms with Gasteiger partial charge in [0, 0.05) is 0 Å². The lowest BCUT2D eigenvalue weighted by molar-refractivity contribution is 0.0780. The van der Waals surface area contributed by atoms with Gasteiger partial charge in [-0.2, -0.15) is 0 Å². The van der Waals surface area contributed by atoms with Gasteiger partial charge in [0.15, 0.2) is 0 Å². The van der Waals surface area contributed by atoms with Crippen LogP contribution < -0.4 is 0 Å². The first-order chi connectivity index (χ1) is 15.3. The molecule has 0 aliphatic heterocycles. The first-order valence-electron chi connectivity index (χ1n) is 13.6. The SMILES string of the molecule is C=CC(OC(C=C)C1=CCCCCCCCCCC1)C1=CCCCCCCCCCC1. The minimum Gasteiger partial charge on any atom is -0.358 e. The Bertz CT molecular complexity index is 493. The predicted molar refractivity (Wildman–Crippen MR) is 138 cm³/mol. The molecule has 31 heavy (non-hydrogen) atoms. The monoisotopic (exact) mass is 426 g/mol. The molecule has 0 saturated carbocycles. The predicted octanol–water partition coefficient (Wildman–Crippen LogP) is 9.79. The molecule has 0 amide bonds. The molecule has 2 atom stereocenters. The maximum Gasteiger partial charge on any atom is 0.0976 e. The summed E-state index contributed by atoms with van der Waals surface area (Å²) in [5, 5.41) is 0. The standard InChI is InChI=1S/C30H50O/c1-3-29(27-23-19-15-11-7-5-8-12-16-20-24-27)31-30(4-2)28-25-21-17-13-9-6-10-14-18-22-26-28/h3-4,23,25,29-30H,1-2,5-22,24,26H2. The van der Waals surface area contributed by atoms with Crippen LogP contribution in [0.3, 0.4) is 0 Å². The van der Waals surface area contributed by atoms with E-state index in [-0.39, 0.29) is 12.2 Å². The molecule has 1 nitrogen and oxygen atoms in total. The fraction of sp³-hybridized carbons (Fsp3) is 0.733. The van der Waals surface area contributed by atoms with Gasteiger partial charge in [-0.15, -0.1) is 13.2 Å². The molecular weight excluding hydrogens is 376 g/mol. The zero-order chi connectivity index (χ0) is 22.0. The molecule has 1 heteroatoms. The van der Waals surface area contributed by atoms with Gasteiger partial charge in [0.2, 0.25) is 0 Å². The molecule has 2 rings (SSSR count). The van der Waals surface area contributed by atoms with Gasteiger partial charge < -0.3 is 4.74 Å². The number of rotatable bonds is 6. The Kier molecular flexibility index (Phi) is 14.8. The summed E-state index contributed by atoms with van der Waals surface area (Å²) in [6.45, 7) is 8.32. The molecule has 0 aromatic heterocycles. The van der Waals surface area contributed by atoms with E-state index in [4.69, 9.17) is 4.74 Å². The summed E-state index contributed by atoms with van der Waals surface area (Å²) in [5.74, 6) is 0. The zero-order valence-electron chi connectivity index (χ0n) is 20.4. The van der Waals surface area contributed by atoms with Gasteiger partial charge in [-0.05, 0) is 62.5 Å². The number of ether oxygens (including phenoxy) is 1. The lowest BCUT2D eigenvalue weighted by Crippen LogP contribution is -2.23. The van der Waals surface area contributed by atoms with Crippen LogP contribution >= 0.6 is 0 Å². The maximum absolute atomic E-state index is 6.70. The molecule has 0 N–H and O–H groups in total. The zero-order valence-corrected chi connectivity index (χ0v) is 20.4. The van der Waals surface area contributed by atoms with E-state index in [2.05, 4.69) is 25.3 Å².